The van der Waals surface area contributed by atoms with Crippen LogP contribution in [-0.2, 0) is 6.54 Å². The summed E-state index contributed by atoms with van der Waals surface area (Å²) in [7, 11) is 1.70. The summed E-state index contributed by atoms with van der Waals surface area (Å²) in [4.78, 5) is 13.9. The second kappa shape index (κ2) is 12.0. The number of benzene rings is 1. The SMILES string of the molecule is CCNC(=NCc1ccccn1)NCCCN1CCN(c2ccc(OC)cc2)CC1. The molecule has 1 aliphatic rings. The molecule has 0 atom stereocenters. The van der Waals surface area contributed by atoms with Crippen molar-refractivity contribution >= 4 is 11.6 Å². The van der Waals surface area contributed by atoms with Gasteiger partial charge in [-0.05, 0) is 56.3 Å². The van der Waals surface area contributed by atoms with E-state index in [1.54, 1.807) is 13.3 Å². The smallest absolute Gasteiger partial charge is 0.191 e. The molecular formula is C23H34N6O. The van der Waals surface area contributed by atoms with Gasteiger partial charge < -0.3 is 20.3 Å². The number of hydrogen-bond donors (Lipinski definition) is 2. The van der Waals surface area contributed by atoms with Crippen molar-refractivity contribution in [3.05, 3.63) is 54.4 Å². The van der Waals surface area contributed by atoms with Gasteiger partial charge in [0.05, 0.1) is 19.3 Å². The molecule has 7 nitrogen and oxygen atoms in total. The predicted octanol–water partition coefficient (Wildman–Crippen LogP) is 2.36. The van der Waals surface area contributed by atoms with Crippen LogP contribution < -0.4 is 20.3 Å². The minimum atomic E-state index is 0.587. The lowest BCUT2D eigenvalue weighted by molar-refractivity contribution is 0.255. The molecule has 0 saturated carbocycles. The summed E-state index contributed by atoms with van der Waals surface area (Å²) in [5, 5.41) is 6.74. The summed E-state index contributed by atoms with van der Waals surface area (Å²) < 4.78 is 5.25. The number of aromatic nitrogens is 1. The fourth-order valence-electron chi connectivity index (χ4n) is 3.53. The van der Waals surface area contributed by atoms with Gasteiger partial charge in [0.25, 0.3) is 0 Å². The van der Waals surface area contributed by atoms with Gasteiger partial charge in [0.2, 0.25) is 0 Å². The highest BCUT2D eigenvalue weighted by Gasteiger charge is 2.16. The Balaban J connectivity index is 1.35. The van der Waals surface area contributed by atoms with Gasteiger partial charge in [0.15, 0.2) is 5.96 Å². The van der Waals surface area contributed by atoms with E-state index in [1.807, 2.05) is 30.3 Å². The van der Waals surface area contributed by atoms with Crippen molar-refractivity contribution in [3.63, 3.8) is 0 Å². The molecule has 1 aromatic heterocycles. The van der Waals surface area contributed by atoms with Crippen LogP contribution in [0.1, 0.15) is 19.0 Å². The molecule has 7 heteroatoms. The number of rotatable bonds is 9. The van der Waals surface area contributed by atoms with Gasteiger partial charge in [-0.25, -0.2) is 4.99 Å². The number of nitrogens with zero attached hydrogens (tertiary/aromatic N) is 4. The van der Waals surface area contributed by atoms with Gasteiger partial charge in [-0.2, -0.15) is 0 Å². The Hall–Kier alpha value is -2.80. The summed E-state index contributed by atoms with van der Waals surface area (Å²) in [6.45, 7) is 9.85. The van der Waals surface area contributed by atoms with Gasteiger partial charge in [-0.3, -0.25) is 9.88 Å². The van der Waals surface area contributed by atoms with Crippen LogP contribution >= 0.6 is 0 Å². The van der Waals surface area contributed by atoms with E-state index in [1.165, 1.54) is 5.69 Å². The topological polar surface area (TPSA) is 65.0 Å². The minimum Gasteiger partial charge on any atom is -0.497 e. The average molecular weight is 411 g/mol. The molecule has 0 spiro atoms. The molecule has 1 aliphatic heterocycles. The Morgan fingerprint density at radius 1 is 1.07 bits per heavy atom. The maximum absolute atomic E-state index is 5.25. The zero-order valence-electron chi connectivity index (χ0n) is 18.2. The molecule has 2 N–H and O–H groups in total. The van der Waals surface area contributed by atoms with E-state index in [0.29, 0.717) is 6.54 Å². The van der Waals surface area contributed by atoms with Crippen molar-refractivity contribution in [2.75, 3.05) is 57.8 Å². The van der Waals surface area contributed by atoms with Crippen molar-refractivity contribution in [3.8, 4) is 5.75 Å². The molecule has 162 valence electrons. The second-order valence-electron chi connectivity index (χ2n) is 7.32. The van der Waals surface area contributed by atoms with Crippen LogP contribution in [0.25, 0.3) is 0 Å². The Kier molecular flexibility index (Phi) is 8.78. The largest absolute Gasteiger partial charge is 0.497 e. The van der Waals surface area contributed by atoms with Gasteiger partial charge in [-0.15, -0.1) is 0 Å². The van der Waals surface area contributed by atoms with Crippen molar-refractivity contribution in [1.29, 1.82) is 0 Å². The number of anilines is 1. The predicted molar refractivity (Wildman–Crippen MR) is 123 cm³/mol. The molecule has 0 amide bonds. The lowest BCUT2D eigenvalue weighted by Crippen LogP contribution is -2.47. The number of hydrogen-bond acceptors (Lipinski definition) is 5. The molecule has 1 aromatic carbocycles. The quantitative estimate of drug-likeness (QED) is 0.376. The van der Waals surface area contributed by atoms with E-state index in [4.69, 9.17) is 4.74 Å². The molecule has 0 bridgehead atoms. The zero-order chi connectivity index (χ0) is 21.0. The van der Waals surface area contributed by atoms with E-state index in [9.17, 15) is 0 Å². The number of piperazine rings is 1. The van der Waals surface area contributed by atoms with Crippen molar-refractivity contribution in [1.82, 2.24) is 20.5 Å². The van der Waals surface area contributed by atoms with E-state index >= 15 is 0 Å². The lowest BCUT2D eigenvalue weighted by atomic mass is 10.2. The Morgan fingerprint density at radius 3 is 2.53 bits per heavy atom. The van der Waals surface area contributed by atoms with Crippen LogP contribution in [0.3, 0.4) is 0 Å². The van der Waals surface area contributed by atoms with E-state index < -0.39 is 0 Å². The third-order valence-electron chi connectivity index (χ3n) is 5.22. The van der Waals surface area contributed by atoms with Crippen LogP contribution in [0.15, 0.2) is 53.7 Å². The fraction of sp³-hybridized carbons (Fsp3) is 0.478. The fourth-order valence-corrected chi connectivity index (χ4v) is 3.53. The molecule has 2 heterocycles. The number of guanidine groups is 1. The maximum Gasteiger partial charge on any atom is 0.191 e. The molecule has 0 unspecified atom stereocenters. The standard InChI is InChI=1S/C23H34N6O/c1-3-24-23(27-19-20-7-4-5-12-25-20)26-13-6-14-28-15-17-29(18-16-28)21-8-10-22(30-2)11-9-21/h4-5,7-12H,3,6,13-19H2,1-2H3,(H2,24,26,27). The number of methoxy groups -OCH3 is 1. The van der Waals surface area contributed by atoms with Crippen molar-refractivity contribution in [2.45, 2.75) is 19.9 Å². The molecule has 1 fully saturated rings. The first-order chi connectivity index (χ1) is 14.8. The summed E-state index contributed by atoms with van der Waals surface area (Å²) in [5.41, 5.74) is 2.25. The summed E-state index contributed by atoms with van der Waals surface area (Å²) in [6, 6.07) is 14.3. The first kappa shape index (κ1) is 21.9. The maximum atomic E-state index is 5.25. The van der Waals surface area contributed by atoms with Crippen LogP contribution in [0, 0.1) is 0 Å². The molecule has 1 saturated heterocycles. The van der Waals surface area contributed by atoms with Gasteiger partial charge in [-0.1, -0.05) is 6.07 Å². The summed E-state index contributed by atoms with van der Waals surface area (Å²) in [5.74, 6) is 1.76. The second-order valence-corrected chi connectivity index (χ2v) is 7.32. The Bertz CT molecular complexity index is 757. The summed E-state index contributed by atoms with van der Waals surface area (Å²) in [6.07, 6.45) is 2.90. The molecule has 2 aromatic rings. The van der Waals surface area contributed by atoms with E-state index in [0.717, 1.165) is 69.6 Å². The van der Waals surface area contributed by atoms with Crippen LogP contribution in [-0.4, -0.2) is 68.8 Å². The van der Waals surface area contributed by atoms with Gasteiger partial charge >= 0.3 is 0 Å². The first-order valence-electron chi connectivity index (χ1n) is 10.8. The summed E-state index contributed by atoms with van der Waals surface area (Å²) >= 11 is 0. The van der Waals surface area contributed by atoms with Crippen molar-refractivity contribution < 1.29 is 4.74 Å². The first-order valence-corrected chi connectivity index (χ1v) is 10.8. The minimum absolute atomic E-state index is 0.587. The van der Waals surface area contributed by atoms with Gasteiger partial charge in [0, 0.05) is 51.2 Å². The number of nitrogens with one attached hydrogen (secondary N) is 2. The van der Waals surface area contributed by atoms with E-state index in [-0.39, 0.29) is 0 Å². The highest BCUT2D eigenvalue weighted by Crippen LogP contribution is 2.20. The highest BCUT2D eigenvalue weighted by molar-refractivity contribution is 5.79. The number of aliphatic imine (C=N–C) groups is 1. The van der Waals surface area contributed by atoms with E-state index in [2.05, 4.69) is 49.5 Å². The van der Waals surface area contributed by atoms with Crippen LogP contribution in [0.4, 0.5) is 5.69 Å². The molecular weight excluding hydrogens is 376 g/mol. The lowest BCUT2D eigenvalue weighted by Gasteiger charge is -2.36. The third kappa shape index (κ3) is 6.91. The third-order valence-corrected chi connectivity index (χ3v) is 5.22. The Morgan fingerprint density at radius 2 is 1.87 bits per heavy atom. The zero-order valence-corrected chi connectivity index (χ0v) is 18.2. The molecule has 30 heavy (non-hydrogen) atoms. The van der Waals surface area contributed by atoms with Gasteiger partial charge in [0.1, 0.15) is 5.75 Å². The molecule has 0 aliphatic carbocycles. The van der Waals surface area contributed by atoms with Crippen molar-refractivity contribution in [2.24, 2.45) is 4.99 Å². The molecule has 0 radical (unpaired) electrons. The number of ether oxygens (including phenoxy) is 1. The van der Waals surface area contributed by atoms with Crippen LogP contribution in [0.2, 0.25) is 0 Å². The monoisotopic (exact) mass is 410 g/mol. The van der Waals surface area contributed by atoms with Crippen LogP contribution in [0.5, 0.6) is 5.75 Å². The normalized spacial score (nSPS) is 15.1. The number of pyridine rings is 1. The Labute approximate surface area is 180 Å². The molecule has 3 rings (SSSR count). The highest BCUT2D eigenvalue weighted by atomic mass is 16.5. The average Bonchev–Trinajstić information content (AvgIpc) is 2.81.